The Bertz CT molecular complexity index is 934. The number of fused-ring (bicyclic) bond motifs is 1. The van der Waals surface area contributed by atoms with Crippen LogP contribution in [0.2, 0.25) is 0 Å². The number of Topliss-reactive ketones (excluding diaryl/α,β-unsaturated/α-hetero) is 1. The van der Waals surface area contributed by atoms with Crippen molar-refractivity contribution in [3.63, 3.8) is 0 Å². The number of hydrogen-bond donors (Lipinski definition) is 1. The number of benzene rings is 3. The molecule has 25 heavy (non-hydrogen) atoms. The Morgan fingerprint density at radius 2 is 1.68 bits per heavy atom. The summed E-state index contributed by atoms with van der Waals surface area (Å²) in [4.78, 5) is 12.9. The molecule has 0 saturated heterocycles. The number of carbonyl (C=O) groups excluding carboxylic acids is 1. The maximum atomic E-state index is 12.9. The van der Waals surface area contributed by atoms with Crippen LogP contribution >= 0.6 is 0 Å². The zero-order valence-corrected chi connectivity index (χ0v) is 14.6. The van der Waals surface area contributed by atoms with E-state index in [1.165, 1.54) is 0 Å². The predicted octanol–water partition coefficient (Wildman–Crippen LogP) is 4.39. The van der Waals surface area contributed by atoms with Gasteiger partial charge in [-0.2, -0.15) is 0 Å². The van der Waals surface area contributed by atoms with Gasteiger partial charge in [0.2, 0.25) is 5.78 Å². The molecule has 0 heterocycles. The third-order valence-electron chi connectivity index (χ3n) is 4.21. The summed E-state index contributed by atoms with van der Waals surface area (Å²) < 4.78 is 11.2. The summed E-state index contributed by atoms with van der Waals surface area (Å²) >= 11 is 0. The summed E-state index contributed by atoms with van der Waals surface area (Å²) in [5.74, 6) is 1.16. The number of carbonyl (C=O) groups is 1. The summed E-state index contributed by atoms with van der Waals surface area (Å²) in [6, 6.07) is 16.8. The SMILES string of the molecule is COc1ccc(C(=O)C(C)Oc2ccc(C)cc2N)c2ccccc12. The van der Waals surface area contributed by atoms with Crippen LogP contribution in [-0.4, -0.2) is 19.0 Å². The van der Waals surface area contributed by atoms with E-state index >= 15 is 0 Å². The molecule has 0 radical (unpaired) electrons. The first-order chi connectivity index (χ1) is 12.0. The van der Waals surface area contributed by atoms with Crippen LogP contribution < -0.4 is 15.2 Å². The van der Waals surface area contributed by atoms with Crippen molar-refractivity contribution in [1.82, 2.24) is 0 Å². The lowest BCUT2D eigenvalue weighted by molar-refractivity contribution is 0.0821. The second kappa shape index (κ2) is 6.85. The van der Waals surface area contributed by atoms with Gasteiger partial charge in [-0.05, 0) is 49.1 Å². The van der Waals surface area contributed by atoms with Gasteiger partial charge < -0.3 is 15.2 Å². The van der Waals surface area contributed by atoms with Crippen molar-refractivity contribution in [1.29, 1.82) is 0 Å². The quantitative estimate of drug-likeness (QED) is 0.555. The van der Waals surface area contributed by atoms with Crippen molar-refractivity contribution in [2.24, 2.45) is 0 Å². The third kappa shape index (κ3) is 3.29. The number of rotatable bonds is 5. The molecule has 4 heteroatoms. The number of nitrogens with two attached hydrogens (primary N) is 1. The second-order valence-corrected chi connectivity index (χ2v) is 6.03. The van der Waals surface area contributed by atoms with Crippen LogP contribution in [0, 0.1) is 6.92 Å². The fraction of sp³-hybridized carbons (Fsp3) is 0.190. The smallest absolute Gasteiger partial charge is 0.203 e. The standard InChI is InChI=1S/C21H21NO3/c1-13-8-10-20(18(22)12-13)25-14(2)21(23)17-9-11-19(24-3)16-7-5-4-6-15(16)17/h4-12,14H,22H2,1-3H3. The monoisotopic (exact) mass is 335 g/mol. The molecule has 4 nitrogen and oxygen atoms in total. The molecule has 0 fully saturated rings. The molecule has 0 aliphatic carbocycles. The van der Waals surface area contributed by atoms with Gasteiger partial charge in [-0.1, -0.05) is 30.3 Å². The molecule has 3 rings (SSSR count). The first-order valence-electron chi connectivity index (χ1n) is 8.14. The van der Waals surface area contributed by atoms with Gasteiger partial charge in [-0.25, -0.2) is 0 Å². The average Bonchev–Trinajstić information content (AvgIpc) is 2.62. The molecule has 0 aromatic heterocycles. The number of hydrogen-bond acceptors (Lipinski definition) is 4. The summed E-state index contributed by atoms with van der Waals surface area (Å²) in [7, 11) is 1.62. The van der Waals surface area contributed by atoms with E-state index in [1.807, 2.05) is 49.4 Å². The van der Waals surface area contributed by atoms with Gasteiger partial charge in [0.1, 0.15) is 11.5 Å². The Labute approximate surface area is 147 Å². The molecule has 0 aliphatic rings. The maximum Gasteiger partial charge on any atom is 0.203 e. The highest BCUT2D eigenvalue weighted by atomic mass is 16.5. The highest BCUT2D eigenvalue weighted by Crippen LogP contribution is 2.30. The minimum absolute atomic E-state index is 0.0983. The van der Waals surface area contributed by atoms with Crippen molar-refractivity contribution in [3.05, 3.63) is 65.7 Å². The van der Waals surface area contributed by atoms with Crippen molar-refractivity contribution in [2.75, 3.05) is 12.8 Å². The molecule has 2 N–H and O–H groups in total. The van der Waals surface area contributed by atoms with Crippen LogP contribution in [0.25, 0.3) is 10.8 Å². The van der Waals surface area contributed by atoms with E-state index in [9.17, 15) is 4.79 Å². The molecule has 0 aliphatic heterocycles. The number of ether oxygens (including phenoxy) is 2. The van der Waals surface area contributed by atoms with Crippen molar-refractivity contribution in [3.8, 4) is 11.5 Å². The van der Waals surface area contributed by atoms with Crippen LogP contribution in [0.1, 0.15) is 22.8 Å². The highest BCUT2D eigenvalue weighted by Gasteiger charge is 2.21. The summed E-state index contributed by atoms with van der Waals surface area (Å²) in [5, 5.41) is 1.75. The van der Waals surface area contributed by atoms with Gasteiger partial charge >= 0.3 is 0 Å². The van der Waals surface area contributed by atoms with Crippen LogP contribution in [0.3, 0.4) is 0 Å². The fourth-order valence-corrected chi connectivity index (χ4v) is 2.90. The minimum atomic E-state index is -0.651. The van der Waals surface area contributed by atoms with E-state index in [1.54, 1.807) is 26.2 Å². The van der Waals surface area contributed by atoms with Gasteiger partial charge in [0.15, 0.2) is 6.10 Å². The number of ketones is 1. The highest BCUT2D eigenvalue weighted by molar-refractivity contribution is 6.11. The Morgan fingerprint density at radius 1 is 1.00 bits per heavy atom. The van der Waals surface area contributed by atoms with Gasteiger partial charge in [-0.15, -0.1) is 0 Å². The van der Waals surface area contributed by atoms with Crippen LogP contribution in [-0.2, 0) is 0 Å². The molecule has 0 bridgehead atoms. The molecule has 3 aromatic rings. The van der Waals surface area contributed by atoms with Crippen molar-refractivity contribution in [2.45, 2.75) is 20.0 Å². The average molecular weight is 335 g/mol. The second-order valence-electron chi connectivity index (χ2n) is 6.03. The number of aryl methyl sites for hydroxylation is 1. The molecule has 1 unspecified atom stereocenters. The summed E-state index contributed by atoms with van der Waals surface area (Å²) in [5.41, 5.74) is 8.16. The lowest BCUT2D eigenvalue weighted by Gasteiger charge is -2.17. The van der Waals surface area contributed by atoms with Crippen molar-refractivity contribution < 1.29 is 14.3 Å². The third-order valence-corrected chi connectivity index (χ3v) is 4.21. The maximum absolute atomic E-state index is 12.9. The van der Waals surface area contributed by atoms with E-state index in [-0.39, 0.29) is 5.78 Å². The number of anilines is 1. The van der Waals surface area contributed by atoms with Crippen LogP contribution in [0.5, 0.6) is 11.5 Å². The summed E-state index contributed by atoms with van der Waals surface area (Å²) in [6.45, 7) is 3.69. The van der Waals surface area contributed by atoms with E-state index in [0.717, 1.165) is 22.1 Å². The fourth-order valence-electron chi connectivity index (χ4n) is 2.90. The predicted molar refractivity (Wildman–Crippen MR) is 101 cm³/mol. The Balaban J connectivity index is 1.94. The van der Waals surface area contributed by atoms with E-state index in [2.05, 4.69) is 0 Å². The van der Waals surface area contributed by atoms with Gasteiger partial charge in [-0.3, -0.25) is 4.79 Å². The van der Waals surface area contributed by atoms with E-state index in [0.29, 0.717) is 17.0 Å². The Morgan fingerprint density at radius 3 is 2.36 bits per heavy atom. The van der Waals surface area contributed by atoms with Gasteiger partial charge in [0.25, 0.3) is 0 Å². The molecular formula is C21H21NO3. The van der Waals surface area contributed by atoms with E-state index in [4.69, 9.17) is 15.2 Å². The zero-order chi connectivity index (χ0) is 18.0. The molecule has 0 amide bonds. The van der Waals surface area contributed by atoms with Crippen molar-refractivity contribution >= 4 is 22.2 Å². The Kier molecular flexibility index (Phi) is 4.61. The lowest BCUT2D eigenvalue weighted by Crippen LogP contribution is -2.24. The van der Waals surface area contributed by atoms with Gasteiger partial charge in [0, 0.05) is 10.9 Å². The molecule has 0 spiro atoms. The van der Waals surface area contributed by atoms with Gasteiger partial charge in [0.05, 0.1) is 12.8 Å². The molecule has 1 atom stereocenters. The first kappa shape index (κ1) is 16.8. The molecular weight excluding hydrogens is 314 g/mol. The Hall–Kier alpha value is -3.01. The minimum Gasteiger partial charge on any atom is -0.496 e. The largest absolute Gasteiger partial charge is 0.496 e. The number of nitrogen functional groups attached to an aromatic ring is 1. The molecule has 128 valence electrons. The number of methoxy groups -OCH3 is 1. The topological polar surface area (TPSA) is 61.5 Å². The zero-order valence-electron chi connectivity index (χ0n) is 14.6. The van der Waals surface area contributed by atoms with E-state index < -0.39 is 6.10 Å². The normalized spacial score (nSPS) is 12.0. The molecule has 3 aromatic carbocycles. The summed E-state index contributed by atoms with van der Waals surface area (Å²) in [6.07, 6.45) is -0.651. The lowest BCUT2D eigenvalue weighted by atomic mass is 9.98. The molecule has 0 saturated carbocycles. The first-order valence-corrected chi connectivity index (χ1v) is 8.14. The van der Waals surface area contributed by atoms with Crippen LogP contribution in [0.4, 0.5) is 5.69 Å². The van der Waals surface area contributed by atoms with Crippen LogP contribution in [0.15, 0.2) is 54.6 Å².